The van der Waals surface area contributed by atoms with Crippen LogP contribution in [-0.4, -0.2) is 58.2 Å². The van der Waals surface area contributed by atoms with Crippen LogP contribution < -0.4 is 0 Å². The minimum atomic E-state index is 0.153. The quantitative estimate of drug-likeness (QED) is 0.848. The van der Waals surface area contributed by atoms with Crippen LogP contribution >= 0.6 is 0 Å². The third kappa shape index (κ3) is 3.46. The van der Waals surface area contributed by atoms with Gasteiger partial charge in [0.2, 0.25) is 0 Å². The van der Waals surface area contributed by atoms with Gasteiger partial charge >= 0.3 is 0 Å². The van der Waals surface area contributed by atoms with E-state index in [1.165, 1.54) is 19.4 Å². The second kappa shape index (κ2) is 6.18. The minimum absolute atomic E-state index is 0.153. The van der Waals surface area contributed by atoms with Crippen molar-refractivity contribution < 1.29 is 4.79 Å². The molecule has 1 saturated heterocycles. The molecule has 2 fully saturated rings. The van der Waals surface area contributed by atoms with Crippen LogP contribution in [0.15, 0.2) is 6.20 Å². The van der Waals surface area contributed by atoms with Crippen LogP contribution in [0.3, 0.4) is 0 Å². The van der Waals surface area contributed by atoms with E-state index in [0.717, 1.165) is 56.3 Å². The van der Waals surface area contributed by atoms with Crippen molar-refractivity contribution in [2.24, 2.45) is 5.92 Å². The van der Waals surface area contributed by atoms with E-state index in [9.17, 15) is 4.79 Å². The number of carbonyl (C=O) groups excluding carboxylic acids is 1. The van der Waals surface area contributed by atoms with Gasteiger partial charge in [-0.3, -0.25) is 9.48 Å². The molecule has 1 aromatic heterocycles. The lowest BCUT2D eigenvalue weighted by atomic mass is 10.2. The van der Waals surface area contributed by atoms with Crippen LogP contribution in [0.25, 0.3) is 0 Å². The highest BCUT2D eigenvalue weighted by Crippen LogP contribution is 2.30. The molecule has 1 aliphatic heterocycles. The molecular weight excluding hydrogens is 264 g/mol. The molecule has 0 atom stereocenters. The molecule has 1 aromatic rings. The second-order valence-corrected chi connectivity index (χ2v) is 6.37. The molecule has 0 unspecified atom stereocenters. The van der Waals surface area contributed by atoms with Gasteiger partial charge in [0, 0.05) is 38.9 Å². The number of carbonyl (C=O) groups is 1. The van der Waals surface area contributed by atoms with Crippen molar-refractivity contribution in [1.29, 1.82) is 0 Å². The molecule has 3 rings (SSSR count). The van der Waals surface area contributed by atoms with Crippen molar-refractivity contribution >= 4 is 5.91 Å². The smallest absolute Gasteiger partial charge is 0.257 e. The Labute approximate surface area is 126 Å². The van der Waals surface area contributed by atoms with Crippen LogP contribution in [0, 0.1) is 12.8 Å². The van der Waals surface area contributed by atoms with E-state index < -0.39 is 0 Å². The molecule has 116 valence electrons. The summed E-state index contributed by atoms with van der Waals surface area (Å²) in [5.74, 6) is 1.08. The molecule has 5 heteroatoms. The maximum atomic E-state index is 12.7. The van der Waals surface area contributed by atoms with Crippen molar-refractivity contribution in [2.75, 3.05) is 32.7 Å². The summed E-state index contributed by atoms with van der Waals surface area (Å²) >= 11 is 0. The van der Waals surface area contributed by atoms with E-state index in [4.69, 9.17) is 0 Å². The monoisotopic (exact) mass is 290 g/mol. The normalized spacial score (nSPS) is 20.6. The Balaban J connectivity index is 1.62. The van der Waals surface area contributed by atoms with Gasteiger partial charge in [0.15, 0.2) is 0 Å². The number of hydrogen-bond acceptors (Lipinski definition) is 3. The molecule has 1 aliphatic carbocycles. The van der Waals surface area contributed by atoms with Crippen LogP contribution in [0.4, 0.5) is 0 Å². The molecule has 2 aliphatic rings. The number of hydrogen-bond donors (Lipinski definition) is 0. The molecule has 5 nitrogen and oxygen atoms in total. The molecule has 2 heterocycles. The van der Waals surface area contributed by atoms with Crippen molar-refractivity contribution in [2.45, 2.75) is 39.7 Å². The van der Waals surface area contributed by atoms with E-state index in [-0.39, 0.29) is 5.91 Å². The Kier molecular flexibility index (Phi) is 4.29. The predicted octanol–water partition coefficient (Wildman–Crippen LogP) is 1.77. The van der Waals surface area contributed by atoms with Crippen molar-refractivity contribution in [3.05, 3.63) is 17.5 Å². The van der Waals surface area contributed by atoms with Gasteiger partial charge in [-0.05, 0) is 45.6 Å². The Morgan fingerprint density at radius 1 is 1.29 bits per heavy atom. The zero-order chi connectivity index (χ0) is 14.8. The average Bonchev–Trinajstić information content (AvgIpc) is 3.25. The van der Waals surface area contributed by atoms with Gasteiger partial charge in [0.05, 0.1) is 11.3 Å². The summed E-state index contributed by atoms with van der Waals surface area (Å²) in [7, 11) is 0. The van der Waals surface area contributed by atoms with E-state index in [2.05, 4.69) is 10.00 Å². The Morgan fingerprint density at radius 2 is 2.10 bits per heavy atom. The lowest BCUT2D eigenvalue weighted by Gasteiger charge is -2.21. The maximum Gasteiger partial charge on any atom is 0.257 e. The Bertz CT molecular complexity index is 506. The fourth-order valence-electron chi connectivity index (χ4n) is 3.08. The predicted molar refractivity (Wildman–Crippen MR) is 82.3 cm³/mol. The van der Waals surface area contributed by atoms with Crippen LogP contribution in [0.2, 0.25) is 0 Å². The third-order valence-electron chi connectivity index (χ3n) is 4.59. The average molecular weight is 290 g/mol. The first kappa shape index (κ1) is 14.6. The van der Waals surface area contributed by atoms with Crippen molar-refractivity contribution in [3.63, 3.8) is 0 Å². The fourth-order valence-corrected chi connectivity index (χ4v) is 3.08. The van der Waals surface area contributed by atoms with Gasteiger partial charge in [-0.15, -0.1) is 0 Å². The Hall–Kier alpha value is -1.36. The van der Waals surface area contributed by atoms with Crippen LogP contribution in [-0.2, 0) is 6.54 Å². The summed E-state index contributed by atoms with van der Waals surface area (Å²) in [5, 5.41) is 4.39. The second-order valence-electron chi connectivity index (χ2n) is 6.37. The van der Waals surface area contributed by atoms with E-state index >= 15 is 0 Å². The topological polar surface area (TPSA) is 41.4 Å². The van der Waals surface area contributed by atoms with E-state index in [1.807, 2.05) is 29.6 Å². The zero-order valence-electron chi connectivity index (χ0n) is 13.2. The number of aromatic nitrogens is 2. The molecule has 1 saturated carbocycles. The highest BCUT2D eigenvalue weighted by atomic mass is 16.2. The van der Waals surface area contributed by atoms with Gasteiger partial charge in [-0.1, -0.05) is 0 Å². The highest BCUT2D eigenvalue weighted by Gasteiger charge is 2.27. The summed E-state index contributed by atoms with van der Waals surface area (Å²) < 4.78 is 1.85. The van der Waals surface area contributed by atoms with Gasteiger partial charge < -0.3 is 9.80 Å². The zero-order valence-corrected chi connectivity index (χ0v) is 13.2. The Morgan fingerprint density at radius 3 is 2.76 bits per heavy atom. The van der Waals surface area contributed by atoms with Crippen molar-refractivity contribution in [1.82, 2.24) is 19.6 Å². The molecule has 1 amide bonds. The minimum Gasteiger partial charge on any atom is -0.337 e. The summed E-state index contributed by atoms with van der Waals surface area (Å²) in [4.78, 5) is 17.2. The van der Waals surface area contributed by atoms with Gasteiger partial charge in [-0.2, -0.15) is 5.10 Å². The highest BCUT2D eigenvalue weighted by molar-refractivity contribution is 5.95. The molecule has 0 aromatic carbocycles. The molecule has 0 spiro atoms. The first-order chi connectivity index (χ1) is 10.2. The molecule has 21 heavy (non-hydrogen) atoms. The summed E-state index contributed by atoms with van der Waals surface area (Å²) in [6.45, 7) is 9.88. The third-order valence-corrected chi connectivity index (χ3v) is 4.59. The standard InChI is InChI=1S/C16H26N4O/c1-3-20-12-15(13(2)17-20)16(21)19-8-4-7-18(9-10-19)11-14-5-6-14/h12,14H,3-11H2,1-2H3. The molecule has 0 bridgehead atoms. The summed E-state index contributed by atoms with van der Waals surface area (Å²) in [6, 6.07) is 0. The lowest BCUT2D eigenvalue weighted by molar-refractivity contribution is 0.0760. The van der Waals surface area contributed by atoms with Gasteiger partial charge in [-0.25, -0.2) is 0 Å². The van der Waals surface area contributed by atoms with Crippen molar-refractivity contribution in [3.8, 4) is 0 Å². The molecular formula is C16H26N4O. The van der Waals surface area contributed by atoms with E-state index in [1.54, 1.807) is 0 Å². The maximum absolute atomic E-state index is 12.7. The number of nitrogens with zero attached hydrogens (tertiary/aromatic N) is 4. The molecule has 0 N–H and O–H groups in total. The fraction of sp³-hybridized carbons (Fsp3) is 0.750. The van der Waals surface area contributed by atoms with Gasteiger partial charge in [0.25, 0.3) is 5.91 Å². The number of aryl methyl sites for hydroxylation is 2. The number of amides is 1. The first-order valence-corrected chi connectivity index (χ1v) is 8.23. The first-order valence-electron chi connectivity index (χ1n) is 8.23. The van der Waals surface area contributed by atoms with E-state index in [0.29, 0.717) is 0 Å². The SMILES string of the molecule is CCn1cc(C(=O)N2CCCN(CC3CC3)CC2)c(C)n1. The largest absolute Gasteiger partial charge is 0.337 e. The summed E-state index contributed by atoms with van der Waals surface area (Å²) in [5.41, 5.74) is 1.62. The van der Waals surface area contributed by atoms with Gasteiger partial charge in [0.1, 0.15) is 0 Å². The number of rotatable bonds is 4. The summed E-state index contributed by atoms with van der Waals surface area (Å²) in [6.07, 6.45) is 5.77. The van der Waals surface area contributed by atoms with Crippen LogP contribution in [0.1, 0.15) is 42.2 Å². The molecule has 0 radical (unpaired) electrons. The van der Waals surface area contributed by atoms with Crippen LogP contribution in [0.5, 0.6) is 0 Å². The lowest BCUT2D eigenvalue weighted by Crippen LogP contribution is -2.35.